The van der Waals surface area contributed by atoms with Crippen LogP contribution in [-0.2, 0) is 20.0 Å². The van der Waals surface area contributed by atoms with Crippen LogP contribution in [0, 0.1) is 6.92 Å². The van der Waals surface area contributed by atoms with Gasteiger partial charge >= 0.3 is 0 Å². The fourth-order valence-corrected chi connectivity index (χ4v) is 6.90. The number of hydrogen-bond acceptors (Lipinski definition) is 6. The van der Waals surface area contributed by atoms with Crippen molar-refractivity contribution in [2.24, 2.45) is 0 Å². The zero-order chi connectivity index (χ0) is 25.7. The van der Waals surface area contributed by atoms with Crippen LogP contribution in [0.2, 0.25) is 0 Å². The van der Waals surface area contributed by atoms with E-state index in [0.717, 1.165) is 21.0 Å². The van der Waals surface area contributed by atoms with Gasteiger partial charge in [0.2, 0.25) is 10.0 Å². The minimum absolute atomic E-state index is 0.156. The lowest BCUT2D eigenvalue weighted by Crippen LogP contribution is -2.22. The molecule has 0 amide bonds. The fourth-order valence-electron chi connectivity index (χ4n) is 4.03. The number of fused-ring (bicyclic) bond motifs is 1. The number of nitrogens with zero attached hydrogens (tertiary/aromatic N) is 3. The lowest BCUT2D eigenvalue weighted by atomic mass is 10.00. The van der Waals surface area contributed by atoms with Gasteiger partial charge in [0, 0.05) is 37.4 Å². The molecule has 0 aliphatic rings. The Kier molecular flexibility index (Phi) is 6.08. The molecule has 0 radical (unpaired) electrons. The maximum absolute atomic E-state index is 13.7. The van der Waals surface area contributed by atoms with Gasteiger partial charge in [-0.2, -0.15) is 11.3 Å². The lowest BCUT2D eigenvalue weighted by molar-refractivity contribution is 0.521. The van der Waals surface area contributed by atoms with Crippen molar-refractivity contribution in [2.45, 2.75) is 16.7 Å². The monoisotopic (exact) mass is 537 g/mol. The molecule has 0 aliphatic heterocycles. The quantitative estimate of drug-likeness (QED) is 0.296. The molecule has 0 bridgehead atoms. The van der Waals surface area contributed by atoms with Crippen molar-refractivity contribution in [3.8, 4) is 22.3 Å². The molecule has 0 fully saturated rings. The summed E-state index contributed by atoms with van der Waals surface area (Å²) in [5, 5.41) is 4.63. The third-order valence-electron chi connectivity index (χ3n) is 6.01. The molecule has 5 aromatic rings. The Labute approximate surface area is 214 Å². The molecular formula is C26H23N3O4S3. The first kappa shape index (κ1) is 24.4. The van der Waals surface area contributed by atoms with Gasteiger partial charge in [0.25, 0.3) is 10.0 Å². The van der Waals surface area contributed by atoms with Crippen molar-refractivity contribution in [2.75, 3.05) is 14.1 Å². The van der Waals surface area contributed by atoms with E-state index in [1.807, 2.05) is 29.8 Å². The van der Waals surface area contributed by atoms with E-state index in [1.165, 1.54) is 30.2 Å². The maximum atomic E-state index is 13.7. The van der Waals surface area contributed by atoms with Gasteiger partial charge in [0.15, 0.2) is 5.65 Å². The molecule has 0 atom stereocenters. The molecule has 0 saturated heterocycles. The number of aryl methyl sites for hydroxylation is 1. The number of thiophene rings is 1. The Morgan fingerprint density at radius 3 is 2.08 bits per heavy atom. The summed E-state index contributed by atoms with van der Waals surface area (Å²) in [5.74, 6) is 0. The van der Waals surface area contributed by atoms with Crippen molar-refractivity contribution < 1.29 is 16.8 Å². The van der Waals surface area contributed by atoms with Crippen LogP contribution >= 0.6 is 11.3 Å². The molecule has 5 rings (SSSR count). The molecule has 184 valence electrons. The first-order valence-electron chi connectivity index (χ1n) is 11.0. The van der Waals surface area contributed by atoms with E-state index in [1.54, 1.807) is 60.1 Å². The molecule has 0 unspecified atom stereocenters. The molecule has 0 saturated carbocycles. The lowest BCUT2D eigenvalue weighted by Gasteiger charge is -2.11. The van der Waals surface area contributed by atoms with E-state index in [0.29, 0.717) is 22.2 Å². The maximum Gasteiger partial charge on any atom is 0.269 e. The zero-order valence-electron chi connectivity index (χ0n) is 19.8. The normalized spacial score (nSPS) is 12.4. The second-order valence-corrected chi connectivity index (χ2v) is 13.3. The number of pyridine rings is 1. The summed E-state index contributed by atoms with van der Waals surface area (Å²) in [5.41, 5.74) is 4.38. The van der Waals surface area contributed by atoms with E-state index in [-0.39, 0.29) is 9.79 Å². The average Bonchev–Trinajstić information content (AvgIpc) is 3.53. The van der Waals surface area contributed by atoms with E-state index in [2.05, 4.69) is 4.98 Å². The second-order valence-electron chi connectivity index (χ2n) is 8.54. The van der Waals surface area contributed by atoms with Gasteiger partial charge in [-0.3, -0.25) is 0 Å². The van der Waals surface area contributed by atoms with Gasteiger partial charge in [-0.25, -0.2) is 30.1 Å². The molecule has 36 heavy (non-hydrogen) atoms. The van der Waals surface area contributed by atoms with E-state index < -0.39 is 20.0 Å². The van der Waals surface area contributed by atoms with Gasteiger partial charge in [-0.15, -0.1) is 0 Å². The first-order chi connectivity index (χ1) is 17.1. The molecular weight excluding hydrogens is 515 g/mol. The first-order valence-corrected chi connectivity index (χ1v) is 14.8. The van der Waals surface area contributed by atoms with Crippen LogP contribution in [-0.4, -0.2) is 44.2 Å². The topological polar surface area (TPSA) is 89.3 Å². The van der Waals surface area contributed by atoms with Crippen molar-refractivity contribution in [1.29, 1.82) is 0 Å². The highest BCUT2D eigenvalue weighted by Crippen LogP contribution is 2.39. The molecule has 7 nitrogen and oxygen atoms in total. The van der Waals surface area contributed by atoms with Crippen molar-refractivity contribution in [3.05, 3.63) is 89.4 Å². The smallest absolute Gasteiger partial charge is 0.237 e. The van der Waals surface area contributed by atoms with Crippen molar-refractivity contribution in [1.82, 2.24) is 13.3 Å². The summed E-state index contributed by atoms with van der Waals surface area (Å²) in [6.45, 7) is 1.90. The Morgan fingerprint density at radius 1 is 0.806 bits per heavy atom. The molecule has 0 spiro atoms. The Hall–Kier alpha value is -3.31. The summed E-state index contributed by atoms with van der Waals surface area (Å²) in [4.78, 5) is 4.79. The highest BCUT2D eigenvalue weighted by molar-refractivity contribution is 7.90. The van der Waals surface area contributed by atoms with Crippen LogP contribution in [0.25, 0.3) is 33.3 Å². The van der Waals surface area contributed by atoms with Gasteiger partial charge in [0.05, 0.1) is 9.79 Å². The van der Waals surface area contributed by atoms with Crippen LogP contribution in [0.4, 0.5) is 0 Å². The van der Waals surface area contributed by atoms with E-state index in [4.69, 9.17) is 0 Å². The molecule has 3 aromatic heterocycles. The van der Waals surface area contributed by atoms with E-state index >= 15 is 0 Å². The number of hydrogen-bond donors (Lipinski definition) is 0. The predicted molar refractivity (Wildman–Crippen MR) is 143 cm³/mol. The van der Waals surface area contributed by atoms with E-state index in [9.17, 15) is 16.8 Å². The summed E-state index contributed by atoms with van der Waals surface area (Å²) >= 11 is 1.55. The highest BCUT2D eigenvalue weighted by Gasteiger charge is 2.25. The Bertz CT molecular complexity index is 1770. The summed E-state index contributed by atoms with van der Waals surface area (Å²) in [6.07, 6.45) is 3.17. The largest absolute Gasteiger partial charge is 0.269 e. The molecule has 0 aliphatic carbocycles. The summed E-state index contributed by atoms with van der Waals surface area (Å²) in [7, 11) is -4.59. The Balaban J connectivity index is 1.77. The van der Waals surface area contributed by atoms with Crippen molar-refractivity contribution in [3.63, 3.8) is 0 Å². The number of sulfonamides is 1. The third-order valence-corrected chi connectivity index (χ3v) is 10.2. The molecule has 3 heterocycles. The van der Waals surface area contributed by atoms with Crippen LogP contribution in [0.15, 0.2) is 93.6 Å². The van der Waals surface area contributed by atoms with Crippen LogP contribution in [0.5, 0.6) is 0 Å². The summed E-state index contributed by atoms with van der Waals surface area (Å²) < 4.78 is 54.9. The molecule has 2 aromatic carbocycles. The Morgan fingerprint density at radius 2 is 1.47 bits per heavy atom. The zero-order valence-corrected chi connectivity index (χ0v) is 22.2. The minimum atomic E-state index is -3.94. The second kappa shape index (κ2) is 8.97. The number of rotatable bonds is 6. The SMILES string of the molecule is Cc1ccc(S(=O)(=O)n2cc(-c3ccc(S(=O)(=O)N(C)C)cc3)c3c(-c4ccsc4)ccnc32)cc1. The number of aromatic nitrogens is 2. The molecule has 0 N–H and O–H groups in total. The average molecular weight is 538 g/mol. The third kappa shape index (κ3) is 4.05. The predicted octanol–water partition coefficient (Wildman–Crippen LogP) is 5.23. The van der Waals surface area contributed by atoms with Gasteiger partial charge in [-0.05, 0) is 70.8 Å². The van der Waals surface area contributed by atoms with Gasteiger partial charge in [0.1, 0.15) is 0 Å². The molecule has 10 heteroatoms. The van der Waals surface area contributed by atoms with Gasteiger partial charge in [-0.1, -0.05) is 29.8 Å². The highest BCUT2D eigenvalue weighted by atomic mass is 32.2. The van der Waals surface area contributed by atoms with Crippen LogP contribution in [0.1, 0.15) is 5.56 Å². The number of benzene rings is 2. The minimum Gasteiger partial charge on any atom is -0.237 e. The van der Waals surface area contributed by atoms with Crippen molar-refractivity contribution >= 4 is 42.4 Å². The van der Waals surface area contributed by atoms with Gasteiger partial charge < -0.3 is 0 Å². The summed E-state index contributed by atoms with van der Waals surface area (Å²) in [6, 6.07) is 17.0. The standard InChI is InChI=1S/C26H23N3O4S3/c1-18-4-8-22(9-5-18)36(32,33)29-16-24(19-6-10-21(11-7-19)35(30,31)28(2)3)25-23(12-14-27-26(25)29)20-13-15-34-17-20/h4-17H,1-3H3. The fraction of sp³-hybridized carbons (Fsp3) is 0.115. The van der Waals surface area contributed by atoms with Crippen LogP contribution in [0.3, 0.4) is 0 Å². The van der Waals surface area contributed by atoms with Crippen LogP contribution < -0.4 is 0 Å².